The normalized spacial score (nSPS) is 10.8. The molecule has 0 saturated heterocycles. The van der Waals surface area contributed by atoms with Crippen LogP contribution in [0, 0.1) is 3.77 Å². The van der Waals surface area contributed by atoms with E-state index in [1.807, 2.05) is 22.6 Å². The van der Waals surface area contributed by atoms with E-state index >= 15 is 0 Å². The minimum absolute atomic E-state index is 0.108. The van der Waals surface area contributed by atoms with Crippen LogP contribution in [-0.2, 0) is 0 Å². The van der Waals surface area contributed by atoms with Crippen molar-refractivity contribution in [1.29, 1.82) is 0 Å². The minimum atomic E-state index is -0.503. The molecule has 1 amide bonds. The summed E-state index contributed by atoms with van der Waals surface area (Å²) < 4.78 is 6.67. The van der Waals surface area contributed by atoms with Gasteiger partial charge in [0.25, 0.3) is 5.91 Å². The Kier molecular flexibility index (Phi) is 4.59. The van der Waals surface area contributed by atoms with E-state index in [1.54, 1.807) is 18.2 Å². The van der Waals surface area contributed by atoms with Crippen molar-refractivity contribution < 1.29 is 14.3 Å². The van der Waals surface area contributed by atoms with Gasteiger partial charge < -0.3 is 9.52 Å². The van der Waals surface area contributed by atoms with Gasteiger partial charge in [-0.3, -0.25) is 4.79 Å². The fraction of sp³-hybridized carbons (Fsp3) is 0. The Hall–Kier alpha value is -1.35. The third-order valence-electron chi connectivity index (χ3n) is 2.16. The number of carbonyl (C=O) groups excluding carboxylic acids is 1. The van der Waals surface area contributed by atoms with Crippen LogP contribution in [0.1, 0.15) is 16.1 Å². The molecule has 0 saturated carbocycles. The number of hydrazone groups is 1. The summed E-state index contributed by atoms with van der Waals surface area (Å²) in [7, 11) is 0. The van der Waals surface area contributed by atoms with Crippen LogP contribution in [0.4, 0.5) is 0 Å². The molecule has 0 aliphatic heterocycles. The van der Waals surface area contributed by atoms with Crippen LogP contribution < -0.4 is 5.43 Å². The van der Waals surface area contributed by atoms with Crippen molar-refractivity contribution in [3.63, 3.8) is 0 Å². The highest BCUT2D eigenvalue weighted by Gasteiger charge is 2.10. The van der Waals surface area contributed by atoms with Crippen LogP contribution in [0.5, 0.6) is 5.75 Å². The van der Waals surface area contributed by atoms with E-state index in [1.165, 1.54) is 18.3 Å². The van der Waals surface area contributed by atoms with Gasteiger partial charge in [0.2, 0.25) is 0 Å². The molecule has 0 unspecified atom stereocenters. The molecule has 1 aromatic heterocycles. The second kappa shape index (κ2) is 6.20. The number of phenols is 1. The van der Waals surface area contributed by atoms with E-state index in [2.05, 4.69) is 26.5 Å². The quantitative estimate of drug-likeness (QED) is 0.442. The summed E-state index contributed by atoms with van der Waals surface area (Å²) in [5, 5.41) is 13.3. The number of benzene rings is 1. The average molecular weight is 435 g/mol. The first-order valence-corrected chi connectivity index (χ1v) is 7.00. The number of amides is 1. The molecular weight excluding hydrogens is 427 g/mol. The summed E-state index contributed by atoms with van der Waals surface area (Å²) in [5.74, 6) is -0.0806. The molecule has 0 radical (unpaired) electrons. The number of phenolic OH excluding ortho intramolecular Hbond substituents is 1. The second-order valence-electron chi connectivity index (χ2n) is 3.50. The molecule has 1 heterocycles. The molecule has 2 rings (SSSR count). The number of carbonyl (C=O) groups is 1. The summed E-state index contributed by atoms with van der Waals surface area (Å²) in [6.45, 7) is 0. The number of nitrogens with one attached hydrogen (secondary N) is 1. The SMILES string of the molecule is O=C(N/N=C/c1ccc(I)o1)c1cc(Br)ccc1O. The Morgan fingerprint density at radius 2 is 2.21 bits per heavy atom. The number of aromatic hydroxyl groups is 1. The van der Waals surface area contributed by atoms with Crippen LogP contribution in [0.15, 0.2) is 44.3 Å². The van der Waals surface area contributed by atoms with Crippen LogP contribution in [0.25, 0.3) is 0 Å². The first-order valence-electron chi connectivity index (χ1n) is 5.13. The van der Waals surface area contributed by atoms with E-state index in [0.29, 0.717) is 10.2 Å². The van der Waals surface area contributed by atoms with E-state index in [-0.39, 0.29) is 11.3 Å². The Bertz CT molecular complexity index is 640. The number of rotatable bonds is 3. The van der Waals surface area contributed by atoms with E-state index in [4.69, 9.17) is 4.42 Å². The number of hydrogen-bond acceptors (Lipinski definition) is 4. The zero-order chi connectivity index (χ0) is 13.8. The highest BCUT2D eigenvalue weighted by molar-refractivity contribution is 14.1. The zero-order valence-electron chi connectivity index (χ0n) is 9.43. The Balaban J connectivity index is 2.05. The summed E-state index contributed by atoms with van der Waals surface area (Å²) in [5.41, 5.74) is 2.45. The maximum Gasteiger partial charge on any atom is 0.275 e. The second-order valence-corrected chi connectivity index (χ2v) is 5.48. The van der Waals surface area contributed by atoms with Gasteiger partial charge >= 0.3 is 0 Å². The summed E-state index contributed by atoms with van der Waals surface area (Å²) in [6.07, 6.45) is 1.38. The predicted molar refractivity (Wildman–Crippen MR) is 82.3 cm³/mol. The van der Waals surface area contributed by atoms with Gasteiger partial charge in [-0.1, -0.05) is 15.9 Å². The van der Waals surface area contributed by atoms with Crippen molar-refractivity contribution in [3.05, 3.63) is 49.9 Å². The molecule has 2 N–H and O–H groups in total. The van der Waals surface area contributed by atoms with E-state index in [9.17, 15) is 9.90 Å². The van der Waals surface area contributed by atoms with Crippen LogP contribution in [0.3, 0.4) is 0 Å². The summed E-state index contributed by atoms with van der Waals surface area (Å²) in [4.78, 5) is 11.8. The largest absolute Gasteiger partial charge is 0.507 e. The highest BCUT2D eigenvalue weighted by Crippen LogP contribution is 2.21. The van der Waals surface area contributed by atoms with Crippen molar-refractivity contribution in [2.45, 2.75) is 0 Å². The number of nitrogens with zero attached hydrogens (tertiary/aromatic N) is 1. The molecule has 5 nitrogen and oxygen atoms in total. The van der Waals surface area contributed by atoms with Crippen LogP contribution in [-0.4, -0.2) is 17.2 Å². The molecule has 98 valence electrons. The van der Waals surface area contributed by atoms with Crippen molar-refractivity contribution in [3.8, 4) is 5.75 Å². The van der Waals surface area contributed by atoms with E-state index in [0.717, 1.165) is 3.77 Å². The number of furan rings is 1. The molecule has 0 fully saturated rings. The van der Waals surface area contributed by atoms with Gasteiger partial charge in [0.05, 0.1) is 11.8 Å². The molecule has 7 heteroatoms. The average Bonchev–Trinajstić information content (AvgIpc) is 2.78. The Morgan fingerprint density at radius 1 is 1.42 bits per heavy atom. The van der Waals surface area contributed by atoms with Gasteiger partial charge in [0.15, 0.2) is 3.77 Å². The van der Waals surface area contributed by atoms with Crippen molar-refractivity contribution in [2.24, 2.45) is 5.10 Å². The predicted octanol–water partition coefficient (Wildman–Crippen LogP) is 3.12. The molecule has 0 aliphatic rings. The molecular formula is C12H8BrIN2O3. The van der Waals surface area contributed by atoms with Gasteiger partial charge in [-0.25, -0.2) is 5.43 Å². The third kappa shape index (κ3) is 3.80. The molecule has 0 bridgehead atoms. The third-order valence-corrected chi connectivity index (χ3v) is 3.23. The van der Waals surface area contributed by atoms with Gasteiger partial charge in [0.1, 0.15) is 11.5 Å². The fourth-order valence-corrected chi connectivity index (χ4v) is 2.10. The highest BCUT2D eigenvalue weighted by atomic mass is 127. The topological polar surface area (TPSA) is 74.8 Å². The smallest absolute Gasteiger partial charge is 0.275 e. The summed E-state index contributed by atoms with van der Waals surface area (Å²) in [6, 6.07) is 8.09. The fourth-order valence-electron chi connectivity index (χ4n) is 1.30. The molecule has 0 atom stereocenters. The van der Waals surface area contributed by atoms with Crippen molar-refractivity contribution in [2.75, 3.05) is 0 Å². The Morgan fingerprint density at radius 3 is 2.89 bits per heavy atom. The molecule has 19 heavy (non-hydrogen) atoms. The molecule has 0 spiro atoms. The summed E-state index contributed by atoms with van der Waals surface area (Å²) >= 11 is 5.26. The minimum Gasteiger partial charge on any atom is -0.507 e. The lowest BCUT2D eigenvalue weighted by Gasteiger charge is -2.02. The van der Waals surface area contributed by atoms with E-state index < -0.39 is 5.91 Å². The maximum absolute atomic E-state index is 11.8. The first-order chi connectivity index (χ1) is 9.06. The maximum atomic E-state index is 11.8. The van der Waals surface area contributed by atoms with Crippen LogP contribution >= 0.6 is 38.5 Å². The molecule has 0 aliphatic carbocycles. The Labute approximate surface area is 131 Å². The van der Waals surface area contributed by atoms with Crippen molar-refractivity contribution >= 4 is 50.6 Å². The first kappa shape index (κ1) is 14.1. The van der Waals surface area contributed by atoms with Gasteiger partial charge in [0, 0.05) is 4.47 Å². The lowest BCUT2D eigenvalue weighted by molar-refractivity contribution is 0.0952. The zero-order valence-corrected chi connectivity index (χ0v) is 13.2. The van der Waals surface area contributed by atoms with Crippen LogP contribution in [0.2, 0.25) is 0 Å². The lowest BCUT2D eigenvalue weighted by Crippen LogP contribution is -2.17. The van der Waals surface area contributed by atoms with Crippen molar-refractivity contribution in [1.82, 2.24) is 5.43 Å². The monoisotopic (exact) mass is 434 g/mol. The number of halogens is 2. The van der Waals surface area contributed by atoms with Gasteiger partial charge in [-0.05, 0) is 52.9 Å². The lowest BCUT2D eigenvalue weighted by atomic mass is 10.2. The van der Waals surface area contributed by atoms with Gasteiger partial charge in [-0.2, -0.15) is 5.10 Å². The van der Waals surface area contributed by atoms with Gasteiger partial charge in [-0.15, -0.1) is 0 Å². The standard InChI is InChI=1S/C12H8BrIN2O3/c13-7-1-3-10(17)9(5-7)12(18)16-15-6-8-2-4-11(14)19-8/h1-6,17H,(H,16,18)/b15-6+. The molecule has 2 aromatic rings. The number of hydrogen-bond donors (Lipinski definition) is 2. The molecule has 1 aromatic carbocycles.